The normalized spacial score (nSPS) is 11.8. The predicted molar refractivity (Wildman–Crippen MR) is 219 cm³/mol. The van der Waals surface area contributed by atoms with Crippen LogP contribution >= 0.6 is 0 Å². The van der Waals surface area contributed by atoms with Gasteiger partial charge in [-0.15, -0.1) is 0 Å². The quantitative estimate of drug-likeness (QED) is 0.177. The summed E-state index contributed by atoms with van der Waals surface area (Å²) in [5.41, 5.74) is 8.80. The van der Waals surface area contributed by atoms with Crippen LogP contribution in [0.5, 0.6) is 0 Å². The maximum absolute atomic E-state index is 5.27. The van der Waals surface area contributed by atoms with Gasteiger partial charge in [0, 0.05) is 51.1 Å². The van der Waals surface area contributed by atoms with Crippen molar-refractivity contribution >= 4 is 75.7 Å². The SMILES string of the molecule is c1cc(-c2ccc3ccc4cc(-c5ccnc6c5ccc5ccncc56)ccc4c3c2)cc(-c2nc3ccccc3c3c2ccc2ccccc23)c1. The van der Waals surface area contributed by atoms with Gasteiger partial charge in [-0.25, -0.2) is 4.98 Å². The van der Waals surface area contributed by atoms with Crippen molar-refractivity contribution < 1.29 is 0 Å². The second-order valence-electron chi connectivity index (χ2n) is 13.6. The number of aromatic nitrogens is 3. The first-order valence-corrected chi connectivity index (χ1v) is 17.7. The van der Waals surface area contributed by atoms with E-state index >= 15 is 0 Å². The molecule has 3 heteroatoms. The number of hydrogen-bond donors (Lipinski definition) is 0. The lowest BCUT2D eigenvalue weighted by molar-refractivity contribution is 1.36. The van der Waals surface area contributed by atoms with Crippen LogP contribution < -0.4 is 0 Å². The third kappa shape index (κ3) is 4.43. The monoisotopic (exact) mass is 659 g/mol. The summed E-state index contributed by atoms with van der Waals surface area (Å²) in [5, 5.41) is 14.4. The number of benzene rings is 8. The molecule has 11 aromatic rings. The molecule has 0 bridgehead atoms. The Morgan fingerprint density at radius 2 is 1.08 bits per heavy atom. The van der Waals surface area contributed by atoms with E-state index in [0.29, 0.717) is 0 Å². The molecule has 0 aliphatic heterocycles. The lowest BCUT2D eigenvalue weighted by Crippen LogP contribution is -1.91. The first-order valence-electron chi connectivity index (χ1n) is 17.7. The zero-order valence-corrected chi connectivity index (χ0v) is 28.1. The highest BCUT2D eigenvalue weighted by atomic mass is 14.7. The maximum Gasteiger partial charge on any atom is 0.0802 e. The molecule has 8 aromatic carbocycles. The van der Waals surface area contributed by atoms with Crippen LogP contribution in [0.15, 0.2) is 176 Å². The molecule has 11 rings (SSSR count). The molecule has 0 spiro atoms. The molecule has 0 amide bonds. The molecule has 0 radical (unpaired) electrons. The second-order valence-corrected chi connectivity index (χ2v) is 13.6. The molecule has 52 heavy (non-hydrogen) atoms. The minimum atomic E-state index is 0.980. The van der Waals surface area contributed by atoms with Gasteiger partial charge in [0.05, 0.1) is 16.7 Å². The highest BCUT2D eigenvalue weighted by molar-refractivity contribution is 6.22. The number of hydrogen-bond acceptors (Lipinski definition) is 3. The molecule has 3 aromatic heterocycles. The van der Waals surface area contributed by atoms with E-state index in [-0.39, 0.29) is 0 Å². The zero-order valence-electron chi connectivity index (χ0n) is 28.1. The van der Waals surface area contributed by atoms with Gasteiger partial charge in [-0.05, 0) is 96.4 Å². The topological polar surface area (TPSA) is 38.7 Å². The van der Waals surface area contributed by atoms with Gasteiger partial charge in [0.15, 0.2) is 0 Å². The maximum atomic E-state index is 5.27. The molecular weight excluding hydrogens is 631 g/mol. The molecular formula is C49H29N3. The van der Waals surface area contributed by atoms with E-state index < -0.39 is 0 Å². The molecule has 0 aliphatic carbocycles. The fourth-order valence-corrected chi connectivity index (χ4v) is 8.23. The molecule has 3 heterocycles. The number of nitrogens with zero attached hydrogens (tertiary/aromatic N) is 3. The van der Waals surface area contributed by atoms with Crippen LogP contribution in [0.4, 0.5) is 0 Å². The van der Waals surface area contributed by atoms with E-state index in [2.05, 4.69) is 157 Å². The molecule has 0 N–H and O–H groups in total. The van der Waals surface area contributed by atoms with Crippen molar-refractivity contribution in [1.82, 2.24) is 15.0 Å². The van der Waals surface area contributed by atoms with E-state index in [1.54, 1.807) is 0 Å². The van der Waals surface area contributed by atoms with Crippen molar-refractivity contribution in [2.24, 2.45) is 0 Å². The van der Waals surface area contributed by atoms with Crippen molar-refractivity contribution in [3.05, 3.63) is 176 Å². The van der Waals surface area contributed by atoms with Gasteiger partial charge in [-0.3, -0.25) is 9.97 Å². The summed E-state index contributed by atoms with van der Waals surface area (Å²) in [4.78, 5) is 14.4. The fourth-order valence-electron chi connectivity index (χ4n) is 8.23. The van der Waals surface area contributed by atoms with E-state index in [1.807, 2.05) is 24.7 Å². The Labute approximate surface area is 299 Å². The van der Waals surface area contributed by atoms with Crippen molar-refractivity contribution in [2.75, 3.05) is 0 Å². The van der Waals surface area contributed by atoms with Crippen LogP contribution in [0, 0.1) is 0 Å². The highest BCUT2D eigenvalue weighted by Gasteiger charge is 2.15. The average molecular weight is 660 g/mol. The van der Waals surface area contributed by atoms with E-state index in [4.69, 9.17) is 9.97 Å². The van der Waals surface area contributed by atoms with Gasteiger partial charge in [-0.1, -0.05) is 121 Å². The molecule has 0 unspecified atom stereocenters. The first kappa shape index (κ1) is 28.8. The van der Waals surface area contributed by atoms with E-state index in [9.17, 15) is 0 Å². The smallest absolute Gasteiger partial charge is 0.0802 e. The fraction of sp³-hybridized carbons (Fsp3) is 0. The minimum Gasteiger partial charge on any atom is -0.264 e. The van der Waals surface area contributed by atoms with E-state index in [1.165, 1.54) is 70.7 Å². The Hall–Kier alpha value is -6.97. The molecule has 0 saturated carbocycles. The Bertz CT molecular complexity index is 3240. The lowest BCUT2D eigenvalue weighted by atomic mass is 9.92. The number of para-hydroxylation sites is 1. The van der Waals surface area contributed by atoms with Gasteiger partial charge >= 0.3 is 0 Å². The van der Waals surface area contributed by atoms with Crippen molar-refractivity contribution in [2.45, 2.75) is 0 Å². The Morgan fingerprint density at radius 1 is 0.365 bits per heavy atom. The van der Waals surface area contributed by atoms with Crippen molar-refractivity contribution in [3.8, 4) is 33.5 Å². The summed E-state index contributed by atoms with van der Waals surface area (Å²) in [5.74, 6) is 0. The third-order valence-corrected chi connectivity index (χ3v) is 10.7. The summed E-state index contributed by atoms with van der Waals surface area (Å²) >= 11 is 0. The van der Waals surface area contributed by atoms with Gasteiger partial charge in [-0.2, -0.15) is 0 Å². The summed E-state index contributed by atoms with van der Waals surface area (Å²) in [6, 6.07) is 57.1. The van der Waals surface area contributed by atoms with Gasteiger partial charge in [0.1, 0.15) is 0 Å². The van der Waals surface area contributed by atoms with Gasteiger partial charge in [0.25, 0.3) is 0 Å². The molecule has 0 aliphatic rings. The Morgan fingerprint density at radius 3 is 2.04 bits per heavy atom. The lowest BCUT2D eigenvalue weighted by Gasteiger charge is -2.14. The standard InChI is InChI=1S/C49H29N3/c1-2-9-40-30(6-1)17-21-43-47(40)42-10-3-4-11-46(42)52-48(43)37-8-5-7-33(26-37)34-14-12-31-13-15-35-27-36(18-19-38(35)44(31)28-34)39-23-25-51-49-41(39)20-16-32-22-24-50-29-45(32)49/h1-29H. The minimum absolute atomic E-state index is 0.980. The predicted octanol–water partition coefficient (Wildman–Crippen LogP) is 12.9. The molecule has 0 atom stereocenters. The summed E-state index contributed by atoms with van der Waals surface area (Å²) < 4.78 is 0. The highest BCUT2D eigenvalue weighted by Crippen LogP contribution is 2.39. The third-order valence-electron chi connectivity index (χ3n) is 10.7. The van der Waals surface area contributed by atoms with Crippen molar-refractivity contribution in [1.29, 1.82) is 0 Å². The Kier molecular flexibility index (Phi) is 6.25. The zero-order chi connectivity index (χ0) is 34.2. The summed E-state index contributed by atoms with van der Waals surface area (Å²) in [6.45, 7) is 0. The van der Waals surface area contributed by atoms with Crippen LogP contribution in [0.3, 0.4) is 0 Å². The van der Waals surface area contributed by atoms with Gasteiger partial charge < -0.3 is 0 Å². The van der Waals surface area contributed by atoms with E-state index in [0.717, 1.165) is 38.4 Å². The van der Waals surface area contributed by atoms with Crippen LogP contribution in [0.2, 0.25) is 0 Å². The van der Waals surface area contributed by atoms with Crippen LogP contribution in [-0.4, -0.2) is 15.0 Å². The molecule has 0 fully saturated rings. The van der Waals surface area contributed by atoms with Crippen LogP contribution in [0.25, 0.3) is 109 Å². The molecule has 3 nitrogen and oxygen atoms in total. The number of fused-ring (bicyclic) bond motifs is 11. The number of rotatable bonds is 3. The van der Waals surface area contributed by atoms with Crippen LogP contribution in [0.1, 0.15) is 0 Å². The molecule has 0 saturated heterocycles. The summed E-state index contributed by atoms with van der Waals surface area (Å²) in [7, 11) is 0. The first-order chi connectivity index (χ1) is 25.8. The van der Waals surface area contributed by atoms with Crippen molar-refractivity contribution in [3.63, 3.8) is 0 Å². The summed E-state index contributed by atoms with van der Waals surface area (Å²) in [6.07, 6.45) is 5.66. The Balaban J connectivity index is 1.04. The second kappa shape index (κ2) is 11.3. The van der Waals surface area contributed by atoms with Gasteiger partial charge in [0.2, 0.25) is 0 Å². The van der Waals surface area contributed by atoms with Crippen LogP contribution in [-0.2, 0) is 0 Å². The molecule has 240 valence electrons. The largest absolute Gasteiger partial charge is 0.264 e. The number of pyridine rings is 3. The average Bonchev–Trinajstić information content (AvgIpc) is 3.22.